The Balaban J connectivity index is 1.71. The maximum Gasteiger partial charge on any atom is 0.255 e. The first-order valence-electron chi connectivity index (χ1n) is 7.23. The minimum atomic E-state index is -0.366. The molecule has 0 unspecified atom stereocenters. The molecule has 0 aliphatic carbocycles. The van der Waals surface area contributed by atoms with Gasteiger partial charge in [-0.25, -0.2) is 4.39 Å². The van der Waals surface area contributed by atoms with E-state index in [-0.39, 0.29) is 11.7 Å². The quantitative estimate of drug-likeness (QED) is 0.927. The van der Waals surface area contributed by atoms with Crippen LogP contribution in [0.5, 0.6) is 11.5 Å². The Labute approximate surface area is 126 Å². The number of rotatable bonds is 2. The number of anilines is 1. The van der Waals surface area contributed by atoms with Crippen molar-refractivity contribution in [3.05, 3.63) is 52.8 Å². The van der Waals surface area contributed by atoms with Crippen molar-refractivity contribution in [2.75, 3.05) is 18.5 Å². The lowest BCUT2D eigenvalue weighted by atomic mass is 10.0. The highest BCUT2D eigenvalue weighted by molar-refractivity contribution is 6.06. The fourth-order valence-corrected chi connectivity index (χ4v) is 2.90. The average molecular weight is 299 g/mol. The summed E-state index contributed by atoms with van der Waals surface area (Å²) >= 11 is 0. The van der Waals surface area contributed by atoms with Crippen LogP contribution in [-0.4, -0.2) is 19.1 Å². The van der Waals surface area contributed by atoms with Crippen molar-refractivity contribution in [1.82, 2.24) is 0 Å². The molecule has 0 fully saturated rings. The lowest BCUT2D eigenvalue weighted by molar-refractivity contribution is 0.102. The Morgan fingerprint density at radius 3 is 2.68 bits per heavy atom. The standard InChI is InChI=1S/C17H14FNO3/c18-12-3-1-10(2-4-12)17(20)19-15-13-6-8-21-14(13)9-11-5-7-22-16(11)15/h1-4,9H,5-8H2,(H,19,20). The van der Waals surface area contributed by atoms with Crippen LogP contribution in [0.15, 0.2) is 30.3 Å². The summed E-state index contributed by atoms with van der Waals surface area (Å²) < 4.78 is 24.3. The molecule has 0 radical (unpaired) electrons. The molecule has 0 saturated carbocycles. The summed E-state index contributed by atoms with van der Waals surface area (Å²) in [5.74, 6) is 0.908. The highest BCUT2D eigenvalue weighted by Gasteiger charge is 2.27. The second-order valence-corrected chi connectivity index (χ2v) is 5.37. The first-order chi connectivity index (χ1) is 10.7. The number of carbonyl (C=O) groups excluding carboxylic acids is 1. The Morgan fingerprint density at radius 2 is 1.86 bits per heavy atom. The zero-order valence-corrected chi connectivity index (χ0v) is 11.8. The van der Waals surface area contributed by atoms with E-state index in [9.17, 15) is 9.18 Å². The summed E-state index contributed by atoms with van der Waals surface area (Å²) in [5.41, 5.74) is 3.12. The van der Waals surface area contributed by atoms with Crippen molar-refractivity contribution in [2.24, 2.45) is 0 Å². The van der Waals surface area contributed by atoms with Crippen LogP contribution in [0, 0.1) is 5.82 Å². The van der Waals surface area contributed by atoms with E-state index in [1.165, 1.54) is 24.3 Å². The molecule has 2 aromatic rings. The normalized spacial score (nSPS) is 14.8. The van der Waals surface area contributed by atoms with E-state index in [2.05, 4.69) is 5.32 Å². The van der Waals surface area contributed by atoms with Crippen molar-refractivity contribution in [1.29, 1.82) is 0 Å². The molecule has 0 spiro atoms. The largest absolute Gasteiger partial charge is 0.493 e. The van der Waals surface area contributed by atoms with Gasteiger partial charge in [0.25, 0.3) is 5.91 Å². The lowest BCUT2D eigenvalue weighted by Crippen LogP contribution is -2.14. The molecule has 5 heteroatoms. The molecule has 1 amide bonds. The van der Waals surface area contributed by atoms with Crippen LogP contribution in [0.1, 0.15) is 21.5 Å². The van der Waals surface area contributed by atoms with Gasteiger partial charge in [-0.2, -0.15) is 0 Å². The molecule has 112 valence electrons. The van der Waals surface area contributed by atoms with Gasteiger partial charge in [0.1, 0.15) is 17.3 Å². The van der Waals surface area contributed by atoms with Gasteiger partial charge in [-0.3, -0.25) is 4.79 Å². The lowest BCUT2D eigenvalue weighted by Gasteiger charge is -2.14. The molecular formula is C17H14FNO3. The molecule has 4 nitrogen and oxygen atoms in total. The molecule has 0 saturated heterocycles. The molecule has 2 heterocycles. The molecule has 2 aliphatic rings. The summed E-state index contributed by atoms with van der Waals surface area (Å²) in [5, 5.41) is 2.91. The van der Waals surface area contributed by atoms with Gasteiger partial charge in [-0.1, -0.05) is 0 Å². The van der Waals surface area contributed by atoms with E-state index in [1.54, 1.807) is 0 Å². The molecule has 4 rings (SSSR count). The number of fused-ring (bicyclic) bond motifs is 2. The SMILES string of the molecule is O=C(Nc1c2c(cc3c1OCC3)OCC2)c1ccc(F)cc1. The zero-order chi connectivity index (χ0) is 15.1. The third kappa shape index (κ3) is 2.09. The second-order valence-electron chi connectivity index (χ2n) is 5.37. The van der Waals surface area contributed by atoms with Gasteiger partial charge in [-0.15, -0.1) is 0 Å². The van der Waals surface area contributed by atoms with Gasteiger partial charge in [0, 0.05) is 29.5 Å². The fraction of sp³-hybridized carbons (Fsp3) is 0.235. The molecular weight excluding hydrogens is 285 g/mol. The van der Waals surface area contributed by atoms with Crippen LogP contribution in [0.25, 0.3) is 0 Å². The first-order valence-corrected chi connectivity index (χ1v) is 7.23. The van der Waals surface area contributed by atoms with Gasteiger partial charge < -0.3 is 14.8 Å². The second kappa shape index (κ2) is 5.02. The Bertz CT molecular complexity index is 723. The molecule has 0 atom stereocenters. The molecule has 2 aromatic carbocycles. The smallest absolute Gasteiger partial charge is 0.255 e. The minimum Gasteiger partial charge on any atom is -0.493 e. The highest BCUT2D eigenvalue weighted by atomic mass is 19.1. The van der Waals surface area contributed by atoms with Crippen molar-refractivity contribution < 1.29 is 18.7 Å². The number of amides is 1. The number of carbonyl (C=O) groups is 1. The monoisotopic (exact) mass is 299 g/mol. The summed E-state index contributed by atoms with van der Waals surface area (Å²) in [6.07, 6.45) is 1.55. The van der Waals surface area contributed by atoms with E-state index in [0.29, 0.717) is 24.5 Å². The summed E-state index contributed by atoms with van der Waals surface area (Å²) in [6, 6.07) is 7.47. The Kier molecular flexibility index (Phi) is 2.99. The predicted molar refractivity (Wildman–Crippen MR) is 79.2 cm³/mol. The van der Waals surface area contributed by atoms with Gasteiger partial charge in [-0.05, 0) is 30.3 Å². The maximum atomic E-state index is 13.0. The number of nitrogens with one attached hydrogen (secondary N) is 1. The average Bonchev–Trinajstić information content (AvgIpc) is 3.16. The zero-order valence-electron chi connectivity index (χ0n) is 11.8. The van der Waals surface area contributed by atoms with Crippen molar-refractivity contribution >= 4 is 11.6 Å². The van der Waals surface area contributed by atoms with Crippen LogP contribution in [0.3, 0.4) is 0 Å². The van der Waals surface area contributed by atoms with Crippen LogP contribution in [-0.2, 0) is 12.8 Å². The third-order valence-corrected chi connectivity index (χ3v) is 4.00. The van der Waals surface area contributed by atoms with E-state index in [4.69, 9.17) is 9.47 Å². The van der Waals surface area contributed by atoms with Gasteiger partial charge >= 0.3 is 0 Å². The van der Waals surface area contributed by atoms with E-state index in [0.717, 1.165) is 35.5 Å². The molecule has 0 bridgehead atoms. The highest BCUT2D eigenvalue weighted by Crippen LogP contribution is 2.44. The predicted octanol–water partition coefficient (Wildman–Crippen LogP) is 2.95. The number of halogens is 1. The number of hydrogen-bond acceptors (Lipinski definition) is 3. The summed E-state index contributed by atoms with van der Waals surface area (Å²) in [7, 11) is 0. The van der Waals surface area contributed by atoms with Crippen molar-refractivity contribution in [2.45, 2.75) is 12.8 Å². The van der Waals surface area contributed by atoms with Crippen LogP contribution in [0.2, 0.25) is 0 Å². The number of ether oxygens (including phenoxy) is 2. The fourth-order valence-electron chi connectivity index (χ4n) is 2.90. The molecule has 22 heavy (non-hydrogen) atoms. The molecule has 1 N–H and O–H groups in total. The molecule has 2 aliphatic heterocycles. The van der Waals surface area contributed by atoms with Gasteiger partial charge in [0.2, 0.25) is 0 Å². The topological polar surface area (TPSA) is 47.6 Å². The third-order valence-electron chi connectivity index (χ3n) is 4.00. The molecule has 0 aromatic heterocycles. The van der Waals surface area contributed by atoms with E-state index >= 15 is 0 Å². The van der Waals surface area contributed by atoms with Crippen molar-refractivity contribution in [3.63, 3.8) is 0 Å². The van der Waals surface area contributed by atoms with E-state index in [1.807, 2.05) is 6.07 Å². The minimum absolute atomic E-state index is 0.280. The summed E-state index contributed by atoms with van der Waals surface area (Å²) in [4.78, 5) is 12.4. The summed E-state index contributed by atoms with van der Waals surface area (Å²) in [6.45, 7) is 1.22. The van der Waals surface area contributed by atoms with Gasteiger partial charge in [0.05, 0.1) is 18.9 Å². The van der Waals surface area contributed by atoms with Crippen LogP contribution >= 0.6 is 0 Å². The Hall–Kier alpha value is -2.56. The van der Waals surface area contributed by atoms with Crippen molar-refractivity contribution in [3.8, 4) is 11.5 Å². The first kappa shape index (κ1) is 13.1. The van der Waals surface area contributed by atoms with Crippen LogP contribution < -0.4 is 14.8 Å². The Morgan fingerprint density at radius 1 is 1.09 bits per heavy atom. The number of benzene rings is 2. The van der Waals surface area contributed by atoms with Gasteiger partial charge in [0.15, 0.2) is 0 Å². The maximum absolute atomic E-state index is 13.0. The van der Waals surface area contributed by atoms with Crippen LogP contribution in [0.4, 0.5) is 10.1 Å². The number of hydrogen-bond donors (Lipinski definition) is 1. The van der Waals surface area contributed by atoms with E-state index < -0.39 is 0 Å².